The van der Waals surface area contributed by atoms with Crippen LogP contribution in [0.25, 0.3) is 6.08 Å². The van der Waals surface area contributed by atoms with Gasteiger partial charge in [0, 0.05) is 0 Å². The number of halogens is 3. The first-order chi connectivity index (χ1) is 16.1. The number of ether oxygens (including phenoxy) is 2. The van der Waals surface area contributed by atoms with Crippen LogP contribution in [0.4, 0.5) is 18.3 Å². The summed E-state index contributed by atoms with van der Waals surface area (Å²) in [6, 6.07) is 14.3. The van der Waals surface area contributed by atoms with Crippen molar-refractivity contribution in [1.82, 2.24) is 10.2 Å². The molecule has 0 aliphatic carbocycles. The van der Waals surface area contributed by atoms with Gasteiger partial charge >= 0.3 is 6.18 Å². The maximum Gasteiger partial charge on any atom is 0.445 e. The molecule has 1 N–H and O–H groups in total. The number of nitriles is 1. The number of aryl methyl sites for hydroxylation is 2. The number of hydrogen-bond acceptors (Lipinski definition) is 7. The molecule has 176 valence electrons. The molecule has 0 atom stereocenters. The molecule has 2 aromatic carbocycles. The zero-order valence-corrected chi connectivity index (χ0v) is 19.0. The molecule has 1 heterocycles. The summed E-state index contributed by atoms with van der Waals surface area (Å²) in [6.07, 6.45) is -3.36. The summed E-state index contributed by atoms with van der Waals surface area (Å²) in [5.41, 5.74) is 2.44. The summed E-state index contributed by atoms with van der Waals surface area (Å²) < 4.78 is 49.1. The molecule has 0 saturated heterocycles. The van der Waals surface area contributed by atoms with Gasteiger partial charge in [0.15, 0.2) is 0 Å². The molecule has 0 aliphatic rings. The SMILES string of the molecule is Cc1cc(C)cc(OCCOc2ccc(/C=C(/C#N)C(=O)Nc3nnc(C(F)(F)F)s3)cc2)c1. The number of nitrogens with zero attached hydrogens (tertiary/aromatic N) is 3. The molecule has 7 nitrogen and oxygen atoms in total. The van der Waals surface area contributed by atoms with Gasteiger partial charge < -0.3 is 9.47 Å². The van der Waals surface area contributed by atoms with Crippen molar-refractivity contribution in [2.24, 2.45) is 0 Å². The molecule has 34 heavy (non-hydrogen) atoms. The Morgan fingerprint density at radius 3 is 2.24 bits per heavy atom. The van der Waals surface area contributed by atoms with Gasteiger partial charge in [0.1, 0.15) is 36.4 Å². The van der Waals surface area contributed by atoms with Crippen molar-refractivity contribution in [3.8, 4) is 17.6 Å². The monoisotopic (exact) mass is 488 g/mol. The van der Waals surface area contributed by atoms with Crippen LogP contribution in [0.15, 0.2) is 48.0 Å². The second-order valence-corrected chi connectivity index (χ2v) is 8.10. The van der Waals surface area contributed by atoms with Crippen LogP contribution in [0.2, 0.25) is 0 Å². The number of amides is 1. The van der Waals surface area contributed by atoms with Gasteiger partial charge in [0.25, 0.3) is 5.91 Å². The molecule has 0 radical (unpaired) electrons. The maximum atomic E-state index is 12.6. The van der Waals surface area contributed by atoms with E-state index in [1.807, 2.05) is 26.0 Å². The second kappa shape index (κ2) is 10.8. The quantitative estimate of drug-likeness (QED) is 0.267. The molecular formula is C23H19F3N4O3S. The minimum absolute atomic E-state index is 0.171. The molecule has 3 rings (SSSR count). The lowest BCUT2D eigenvalue weighted by Gasteiger charge is -2.10. The average molecular weight is 488 g/mol. The molecule has 0 saturated carbocycles. The van der Waals surface area contributed by atoms with Gasteiger partial charge in [0.05, 0.1) is 0 Å². The Hall–Kier alpha value is -3.91. The summed E-state index contributed by atoms with van der Waals surface area (Å²) in [7, 11) is 0. The van der Waals surface area contributed by atoms with Crippen LogP contribution >= 0.6 is 11.3 Å². The van der Waals surface area contributed by atoms with Gasteiger partial charge in [-0.25, -0.2) is 0 Å². The standard InChI is InChI=1S/C23H19F3N4O3S/c1-14-9-15(2)11-19(10-14)33-8-7-32-18-5-3-16(4-6-18)12-17(13-27)20(31)28-22-30-29-21(34-22)23(24,25)26/h3-6,9-12H,7-8H2,1-2H3,(H,28,30,31)/b17-12-. The number of benzene rings is 2. The van der Waals surface area contributed by atoms with E-state index in [2.05, 4.69) is 21.6 Å². The lowest BCUT2D eigenvalue weighted by molar-refractivity contribution is -0.138. The number of hydrogen-bond donors (Lipinski definition) is 1. The van der Waals surface area contributed by atoms with Crippen LogP contribution in [-0.4, -0.2) is 29.3 Å². The molecule has 0 aliphatic heterocycles. The van der Waals surface area contributed by atoms with Crippen molar-refractivity contribution in [2.45, 2.75) is 20.0 Å². The van der Waals surface area contributed by atoms with E-state index < -0.39 is 17.1 Å². The van der Waals surface area contributed by atoms with E-state index in [1.165, 1.54) is 6.08 Å². The predicted molar refractivity (Wildman–Crippen MR) is 120 cm³/mol. The highest BCUT2D eigenvalue weighted by molar-refractivity contribution is 7.15. The molecule has 0 fully saturated rings. The highest BCUT2D eigenvalue weighted by atomic mass is 32.1. The Labute approximate surface area is 197 Å². The van der Waals surface area contributed by atoms with Crippen LogP contribution in [-0.2, 0) is 11.0 Å². The molecule has 0 bridgehead atoms. The molecule has 0 spiro atoms. The zero-order chi connectivity index (χ0) is 24.7. The van der Waals surface area contributed by atoms with Crippen LogP contribution in [0, 0.1) is 25.2 Å². The van der Waals surface area contributed by atoms with Crippen LogP contribution in [0.1, 0.15) is 21.7 Å². The maximum absolute atomic E-state index is 12.6. The van der Waals surface area contributed by atoms with Crippen LogP contribution < -0.4 is 14.8 Å². The van der Waals surface area contributed by atoms with E-state index in [9.17, 15) is 23.2 Å². The summed E-state index contributed by atoms with van der Waals surface area (Å²) in [6.45, 7) is 4.65. The van der Waals surface area contributed by atoms with Crippen LogP contribution in [0.3, 0.4) is 0 Å². The van der Waals surface area contributed by atoms with Crippen molar-refractivity contribution in [1.29, 1.82) is 5.26 Å². The summed E-state index contributed by atoms with van der Waals surface area (Å²) in [4.78, 5) is 12.2. The van der Waals surface area contributed by atoms with Gasteiger partial charge in [-0.2, -0.15) is 18.4 Å². The van der Waals surface area contributed by atoms with Crippen molar-refractivity contribution in [3.05, 3.63) is 69.7 Å². The normalized spacial score (nSPS) is 11.6. The van der Waals surface area contributed by atoms with E-state index in [4.69, 9.17) is 9.47 Å². The Morgan fingerprint density at radius 2 is 1.68 bits per heavy atom. The highest BCUT2D eigenvalue weighted by Gasteiger charge is 2.35. The number of aromatic nitrogens is 2. The number of alkyl halides is 3. The first-order valence-corrected chi connectivity index (χ1v) is 10.7. The number of carbonyl (C=O) groups excluding carboxylic acids is 1. The average Bonchev–Trinajstić information content (AvgIpc) is 3.24. The molecule has 1 amide bonds. The van der Waals surface area contributed by atoms with E-state index >= 15 is 0 Å². The molecule has 3 aromatic rings. The summed E-state index contributed by atoms with van der Waals surface area (Å²) >= 11 is 0.171. The van der Waals surface area contributed by atoms with E-state index in [0.29, 0.717) is 24.5 Å². The van der Waals surface area contributed by atoms with Crippen molar-refractivity contribution in [3.63, 3.8) is 0 Å². The van der Waals surface area contributed by atoms with Gasteiger partial charge in [-0.1, -0.05) is 29.5 Å². The molecular weight excluding hydrogens is 469 g/mol. The lowest BCUT2D eigenvalue weighted by atomic mass is 10.1. The topological polar surface area (TPSA) is 97.1 Å². The van der Waals surface area contributed by atoms with E-state index in [0.717, 1.165) is 16.9 Å². The fourth-order valence-corrected chi connectivity index (χ4v) is 3.47. The number of carbonyl (C=O) groups is 1. The van der Waals surface area contributed by atoms with Crippen molar-refractivity contribution < 1.29 is 27.4 Å². The number of rotatable bonds is 8. The molecule has 11 heteroatoms. The van der Waals surface area contributed by atoms with Gasteiger partial charge in [-0.05, 0) is 60.9 Å². The first-order valence-electron chi connectivity index (χ1n) is 9.92. The zero-order valence-electron chi connectivity index (χ0n) is 18.1. The Kier molecular flexibility index (Phi) is 7.86. The van der Waals surface area contributed by atoms with Crippen molar-refractivity contribution >= 4 is 28.5 Å². The largest absolute Gasteiger partial charge is 0.490 e. The third-order valence-corrected chi connectivity index (χ3v) is 5.14. The fourth-order valence-electron chi connectivity index (χ4n) is 2.86. The molecule has 0 unspecified atom stereocenters. The summed E-state index contributed by atoms with van der Waals surface area (Å²) in [5.74, 6) is 0.445. The number of anilines is 1. The third-order valence-electron chi connectivity index (χ3n) is 4.26. The Morgan fingerprint density at radius 1 is 1.06 bits per heavy atom. The predicted octanol–water partition coefficient (Wildman–Crippen LogP) is 5.18. The minimum Gasteiger partial charge on any atom is -0.490 e. The van der Waals surface area contributed by atoms with Gasteiger partial charge in [-0.3, -0.25) is 10.1 Å². The minimum atomic E-state index is -4.66. The second-order valence-electron chi connectivity index (χ2n) is 7.12. The van der Waals surface area contributed by atoms with Gasteiger partial charge in [-0.15, -0.1) is 10.2 Å². The van der Waals surface area contributed by atoms with E-state index in [1.54, 1.807) is 30.3 Å². The third kappa shape index (κ3) is 7.05. The Balaban J connectivity index is 1.54. The smallest absolute Gasteiger partial charge is 0.445 e. The number of nitrogens with one attached hydrogen (secondary N) is 1. The highest BCUT2D eigenvalue weighted by Crippen LogP contribution is 2.33. The fraction of sp³-hybridized carbons (Fsp3) is 0.217. The Bertz CT molecular complexity index is 1210. The van der Waals surface area contributed by atoms with Gasteiger partial charge in [0.2, 0.25) is 10.1 Å². The molecule has 1 aromatic heterocycles. The van der Waals surface area contributed by atoms with Crippen molar-refractivity contribution in [2.75, 3.05) is 18.5 Å². The van der Waals surface area contributed by atoms with Crippen LogP contribution in [0.5, 0.6) is 11.5 Å². The summed E-state index contributed by atoms with van der Waals surface area (Å²) in [5, 5.41) is 16.1. The first kappa shape index (κ1) is 24.7. The van der Waals surface area contributed by atoms with E-state index in [-0.39, 0.29) is 22.0 Å². The lowest BCUT2D eigenvalue weighted by Crippen LogP contribution is -2.13.